The quantitative estimate of drug-likeness (QED) is 0.275. The summed E-state index contributed by atoms with van der Waals surface area (Å²) in [6.45, 7) is 0. The number of carboxylic acid groups (broad SMARTS) is 2. The number of carbonyl (C=O) groups is 4. The Balaban J connectivity index is 1.66. The van der Waals surface area contributed by atoms with Crippen molar-refractivity contribution in [2.75, 3.05) is 4.90 Å². The van der Waals surface area contributed by atoms with Crippen LogP contribution in [-0.4, -0.2) is 39.1 Å². The Morgan fingerprint density at radius 3 is 2.35 bits per heavy atom. The van der Waals surface area contributed by atoms with Gasteiger partial charge < -0.3 is 14.6 Å². The van der Waals surface area contributed by atoms with Gasteiger partial charge in [-0.1, -0.05) is 11.6 Å². The molecule has 1 fully saturated rings. The highest BCUT2D eigenvalue weighted by molar-refractivity contribution is 7.80. The molecule has 0 bridgehead atoms. The zero-order chi connectivity index (χ0) is 24.6. The number of benzene rings is 2. The maximum absolute atomic E-state index is 13.1. The van der Waals surface area contributed by atoms with Gasteiger partial charge in [0.1, 0.15) is 17.1 Å². The fourth-order valence-electron chi connectivity index (χ4n) is 3.22. The lowest BCUT2D eigenvalue weighted by molar-refractivity contribution is -0.122. The topological polar surface area (TPSA) is 137 Å². The Labute approximate surface area is 201 Å². The molecule has 0 spiro atoms. The molecule has 9 nitrogen and oxygen atoms in total. The van der Waals surface area contributed by atoms with E-state index >= 15 is 0 Å². The van der Waals surface area contributed by atoms with Crippen LogP contribution in [0.15, 0.2) is 64.6 Å². The number of amides is 2. The number of halogens is 1. The van der Waals surface area contributed by atoms with E-state index in [1.165, 1.54) is 48.5 Å². The molecule has 1 aliphatic heterocycles. The second-order valence-electron chi connectivity index (χ2n) is 7.01. The van der Waals surface area contributed by atoms with Crippen LogP contribution in [-0.2, 0) is 9.59 Å². The lowest BCUT2D eigenvalue weighted by Gasteiger charge is -2.28. The number of anilines is 1. The summed E-state index contributed by atoms with van der Waals surface area (Å²) in [5, 5.41) is 20.6. The summed E-state index contributed by atoms with van der Waals surface area (Å²) in [6.07, 6.45) is 1.23. The first-order valence-corrected chi connectivity index (χ1v) is 10.3. The van der Waals surface area contributed by atoms with Gasteiger partial charge in [-0.05, 0) is 72.9 Å². The smallest absolute Gasteiger partial charge is 0.337 e. The molecule has 0 radical (unpaired) electrons. The minimum atomic E-state index is -1.20. The Kier molecular flexibility index (Phi) is 6.01. The molecular formula is C23H13ClN2O7S. The minimum absolute atomic E-state index is 0.0234. The number of furan rings is 1. The predicted octanol–water partition coefficient (Wildman–Crippen LogP) is 3.83. The standard InChI is InChI=1S/C23H13ClN2O7S/c24-17-7-3-12(9-15(17)22(31)32)18-8-6-14(33-18)10-16-19(27)25-23(34)26(20(16)28)13-4-1-11(2-5-13)21(29)30/h1-10H,(H,29,30)(H,31,32)(H,25,27,34)/b16-10-. The highest BCUT2D eigenvalue weighted by Crippen LogP contribution is 2.29. The molecule has 2 aromatic carbocycles. The normalized spacial score (nSPS) is 14.9. The second kappa shape index (κ2) is 8.93. The summed E-state index contributed by atoms with van der Waals surface area (Å²) in [6, 6.07) is 12.8. The van der Waals surface area contributed by atoms with Crippen molar-refractivity contribution in [3.05, 3.63) is 82.1 Å². The SMILES string of the molecule is O=C1NC(=S)N(c2ccc(C(=O)O)cc2)C(=O)/C1=C\c1ccc(-c2ccc(Cl)c(C(=O)O)c2)o1. The lowest BCUT2D eigenvalue weighted by Crippen LogP contribution is -2.54. The maximum Gasteiger partial charge on any atom is 0.337 e. The van der Waals surface area contributed by atoms with E-state index in [-0.39, 0.29) is 38.3 Å². The van der Waals surface area contributed by atoms with Crippen LogP contribution in [0, 0.1) is 0 Å². The Morgan fingerprint density at radius 1 is 1.00 bits per heavy atom. The number of aromatic carboxylic acids is 2. The van der Waals surface area contributed by atoms with Gasteiger partial charge >= 0.3 is 11.9 Å². The van der Waals surface area contributed by atoms with E-state index in [2.05, 4.69) is 5.32 Å². The van der Waals surface area contributed by atoms with Crippen LogP contribution >= 0.6 is 23.8 Å². The highest BCUT2D eigenvalue weighted by atomic mass is 35.5. The van der Waals surface area contributed by atoms with Crippen LogP contribution in [0.25, 0.3) is 17.4 Å². The summed E-state index contributed by atoms with van der Waals surface area (Å²) in [7, 11) is 0. The molecule has 11 heteroatoms. The Morgan fingerprint density at radius 2 is 1.71 bits per heavy atom. The van der Waals surface area contributed by atoms with Crippen molar-refractivity contribution < 1.29 is 33.8 Å². The van der Waals surface area contributed by atoms with E-state index in [0.717, 1.165) is 4.90 Å². The van der Waals surface area contributed by atoms with Crippen molar-refractivity contribution in [1.82, 2.24) is 5.32 Å². The number of thiocarbonyl (C=S) groups is 1. The molecule has 2 amide bonds. The second-order valence-corrected chi connectivity index (χ2v) is 7.81. The number of carboxylic acids is 2. The molecular weight excluding hydrogens is 484 g/mol. The summed E-state index contributed by atoms with van der Waals surface area (Å²) in [4.78, 5) is 49.0. The third kappa shape index (κ3) is 4.32. The molecule has 3 aromatic rings. The first-order valence-electron chi connectivity index (χ1n) is 9.53. The minimum Gasteiger partial charge on any atom is -0.478 e. The van der Waals surface area contributed by atoms with Gasteiger partial charge in [0, 0.05) is 5.56 Å². The number of hydrogen-bond acceptors (Lipinski definition) is 6. The molecule has 0 saturated carbocycles. The predicted molar refractivity (Wildman–Crippen MR) is 126 cm³/mol. The fraction of sp³-hybridized carbons (Fsp3) is 0. The summed E-state index contributed by atoms with van der Waals surface area (Å²) < 4.78 is 5.69. The molecule has 1 saturated heterocycles. The third-order valence-corrected chi connectivity index (χ3v) is 5.48. The molecule has 1 aliphatic rings. The average Bonchev–Trinajstić information content (AvgIpc) is 3.25. The third-order valence-electron chi connectivity index (χ3n) is 4.87. The molecule has 170 valence electrons. The monoisotopic (exact) mass is 496 g/mol. The van der Waals surface area contributed by atoms with E-state index in [1.54, 1.807) is 12.1 Å². The highest BCUT2D eigenvalue weighted by Gasteiger charge is 2.34. The largest absolute Gasteiger partial charge is 0.478 e. The van der Waals surface area contributed by atoms with Gasteiger partial charge in [0.05, 0.1) is 21.8 Å². The van der Waals surface area contributed by atoms with Gasteiger partial charge in [-0.15, -0.1) is 0 Å². The summed E-state index contributed by atoms with van der Waals surface area (Å²) in [5.74, 6) is -3.32. The van der Waals surface area contributed by atoms with Crippen molar-refractivity contribution >= 4 is 64.4 Å². The van der Waals surface area contributed by atoms with Crippen molar-refractivity contribution in [3.8, 4) is 11.3 Å². The van der Waals surface area contributed by atoms with Gasteiger partial charge in [-0.25, -0.2) is 9.59 Å². The zero-order valence-electron chi connectivity index (χ0n) is 16.9. The molecule has 0 atom stereocenters. The van der Waals surface area contributed by atoms with Crippen molar-refractivity contribution in [3.63, 3.8) is 0 Å². The molecule has 3 N–H and O–H groups in total. The van der Waals surface area contributed by atoms with E-state index in [1.807, 2.05) is 0 Å². The molecule has 0 unspecified atom stereocenters. The first kappa shape index (κ1) is 22.9. The Bertz CT molecular complexity index is 1410. The van der Waals surface area contributed by atoms with Crippen LogP contribution in [0.5, 0.6) is 0 Å². The number of hydrogen-bond donors (Lipinski definition) is 3. The van der Waals surface area contributed by atoms with Crippen molar-refractivity contribution in [1.29, 1.82) is 0 Å². The average molecular weight is 497 g/mol. The van der Waals surface area contributed by atoms with E-state index in [4.69, 9.17) is 33.3 Å². The molecule has 0 aliphatic carbocycles. The van der Waals surface area contributed by atoms with Gasteiger partial charge in [0.25, 0.3) is 11.8 Å². The maximum atomic E-state index is 13.1. The Hall–Kier alpha value is -4.28. The molecule has 4 rings (SSSR count). The summed E-state index contributed by atoms with van der Waals surface area (Å²) >= 11 is 11.0. The van der Waals surface area contributed by atoms with Crippen LogP contribution < -0.4 is 10.2 Å². The number of nitrogens with one attached hydrogen (secondary N) is 1. The van der Waals surface area contributed by atoms with Gasteiger partial charge in [-0.3, -0.25) is 19.8 Å². The molecule has 2 heterocycles. The van der Waals surface area contributed by atoms with Gasteiger partial charge in [-0.2, -0.15) is 0 Å². The number of rotatable bonds is 5. The van der Waals surface area contributed by atoms with Crippen LogP contribution in [0.3, 0.4) is 0 Å². The number of nitrogens with zero attached hydrogens (tertiary/aromatic N) is 1. The number of carbonyl (C=O) groups excluding carboxylic acids is 2. The van der Waals surface area contributed by atoms with Crippen LogP contribution in [0.1, 0.15) is 26.5 Å². The van der Waals surface area contributed by atoms with Crippen LogP contribution in [0.4, 0.5) is 5.69 Å². The van der Waals surface area contributed by atoms with E-state index < -0.39 is 23.8 Å². The van der Waals surface area contributed by atoms with Crippen LogP contribution in [0.2, 0.25) is 5.02 Å². The van der Waals surface area contributed by atoms with Crippen molar-refractivity contribution in [2.45, 2.75) is 0 Å². The zero-order valence-corrected chi connectivity index (χ0v) is 18.5. The molecule has 1 aromatic heterocycles. The van der Waals surface area contributed by atoms with Crippen molar-refractivity contribution in [2.24, 2.45) is 0 Å². The van der Waals surface area contributed by atoms with Gasteiger partial charge in [0.2, 0.25) is 0 Å². The fourth-order valence-corrected chi connectivity index (χ4v) is 3.69. The van der Waals surface area contributed by atoms with E-state index in [0.29, 0.717) is 11.3 Å². The van der Waals surface area contributed by atoms with E-state index in [9.17, 15) is 24.3 Å². The lowest BCUT2D eigenvalue weighted by atomic mass is 10.1. The first-order chi connectivity index (χ1) is 16.2. The summed E-state index contributed by atoms with van der Waals surface area (Å²) in [5.41, 5.74) is 0.366. The van der Waals surface area contributed by atoms with Gasteiger partial charge in [0.15, 0.2) is 5.11 Å². The molecule has 34 heavy (non-hydrogen) atoms.